The van der Waals surface area contributed by atoms with E-state index in [0.717, 1.165) is 72.9 Å². The van der Waals surface area contributed by atoms with Crippen molar-refractivity contribution >= 4 is 32.3 Å². The van der Waals surface area contributed by atoms with Crippen LogP contribution >= 0.6 is 0 Å². The largest absolute Gasteiger partial charge is 0.436 e. The lowest BCUT2D eigenvalue weighted by molar-refractivity contribution is 0.347. The first-order valence-corrected chi connectivity index (χ1v) is 15.6. The normalized spacial score (nSPS) is 17.8. The molecule has 10 heteroatoms. The summed E-state index contributed by atoms with van der Waals surface area (Å²) in [5.41, 5.74) is 2.79. The van der Waals surface area contributed by atoms with Crippen LogP contribution in [0.2, 0.25) is 0 Å². The van der Waals surface area contributed by atoms with Gasteiger partial charge in [-0.3, -0.25) is 4.72 Å². The number of sulfonamides is 1. The van der Waals surface area contributed by atoms with Gasteiger partial charge in [0, 0.05) is 47.5 Å². The van der Waals surface area contributed by atoms with Gasteiger partial charge in [0.25, 0.3) is 0 Å². The molecule has 208 valence electrons. The molecule has 1 saturated heterocycles. The molecule has 2 aliphatic rings. The van der Waals surface area contributed by atoms with Gasteiger partial charge < -0.3 is 15.4 Å². The second-order valence-electron chi connectivity index (χ2n) is 10.7. The number of fused-ring (bicyclic) bond motifs is 1. The van der Waals surface area contributed by atoms with E-state index in [1.54, 1.807) is 18.6 Å². The van der Waals surface area contributed by atoms with Crippen LogP contribution in [0.25, 0.3) is 22.0 Å². The molecule has 1 unspecified atom stereocenters. The van der Waals surface area contributed by atoms with Gasteiger partial charge in [-0.05, 0) is 68.8 Å². The molecule has 6 rings (SSSR count). The number of benzene rings is 2. The van der Waals surface area contributed by atoms with Crippen LogP contribution in [0.15, 0.2) is 61.1 Å². The fraction of sp³-hybridized carbons (Fsp3) is 0.367. The number of ether oxygens (including phenoxy) is 1. The van der Waals surface area contributed by atoms with Crippen molar-refractivity contribution in [1.29, 1.82) is 0 Å². The number of aryl methyl sites for hydroxylation is 1. The smallest absolute Gasteiger partial charge is 0.246 e. The van der Waals surface area contributed by atoms with Crippen molar-refractivity contribution in [1.82, 2.24) is 20.3 Å². The monoisotopic (exact) mass is 558 g/mol. The van der Waals surface area contributed by atoms with Crippen LogP contribution in [0.1, 0.15) is 37.7 Å². The summed E-state index contributed by atoms with van der Waals surface area (Å²) in [5.74, 6) is 2.15. The lowest BCUT2D eigenvalue weighted by Crippen LogP contribution is -2.38. The summed E-state index contributed by atoms with van der Waals surface area (Å²) >= 11 is 0. The van der Waals surface area contributed by atoms with Gasteiger partial charge >= 0.3 is 0 Å². The lowest BCUT2D eigenvalue weighted by Gasteiger charge is -2.25. The highest BCUT2D eigenvalue weighted by Gasteiger charge is 2.25. The molecule has 2 fully saturated rings. The molecule has 0 amide bonds. The van der Waals surface area contributed by atoms with Crippen molar-refractivity contribution in [3.8, 4) is 22.9 Å². The van der Waals surface area contributed by atoms with Crippen molar-refractivity contribution in [2.75, 3.05) is 28.9 Å². The Morgan fingerprint density at radius 2 is 1.80 bits per heavy atom. The molecule has 0 radical (unpaired) electrons. The Hall–Kier alpha value is -3.76. The molecular weight excluding hydrogens is 524 g/mol. The summed E-state index contributed by atoms with van der Waals surface area (Å²) in [4.78, 5) is 13.6. The molecular formula is C30H34N6O3S. The molecule has 3 N–H and O–H groups in total. The number of piperidine rings is 1. The third-order valence-corrected chi connectivity index (χ3v) is 9.11. The molecule has 9 nitrogen and oxygen atoms in total. The molecule has 0 bridgehead atoms. The summed E-state index contributed by atoms with van der Waals surface area (Å²) in [7, 11) is -3.46. The van der Waals surface area contributed by atoms with Crippen LogP contribution in [0.5, 0.6) is 11.6 Å². The zero-order valence-corrected chi connectivity index (χ0v) is 23.4. The van der Waals surface area contributed by atoms with Gasteiger partial charge in [0.1, 0.15) is 17.3 Å². The average molecular weight is 559 g/mol. The minimum absolute atomic E-state index is 0.154. The Bertz CT molecular complexity index is 1620. The van der Waals surface area contributed by atoms with Crippen LogP contribution in [0.4, 0.5) is 11.5 Å². The number of aromatic nitrogens is 3. The predicted molar refractivity (Wildman–Crippen MR) is 158 cm³/mol. The standard InChI is InChI=1S/C30H34N6O3S/c1-20-16-26(36-40(37,38)19-21-6-4-7-21)24-9-2-3-10-25(24)29(20)39-30-28(33-14-15-34-30)22-11-13-32-27(17-22)35-23-8-5-12-31-18-23/h2-3,9-11,13-17,21,23,31,36H,4-8,12,18-19H2,1H3,(H,32,35). The summed E-state index contributed by atoms with van der Waals surface area (Å²) in [6.07, 6.45) is 10.3. The van der Waals surface area contributed by atoms with E-state index in [2.05, 4.69) is 30.3 Å². The Morgan fingerprint density at radius 1 is 0.975 bits per heavy atom. The highest BCUT2D eigenvalue weighted by atomic mass is 32.2. The Balaban J connectivity index is 1.31. The first-order valence-electron chi connectivity index (χ1n) is 13.9. The van der Waals surface area contributed by atoms with Crippen LogP contribution < -0.4 is 20.1 Å². The third kappa shape index (κ3) is 5.88. The zero-order valence-electron chi connectivity index (χ0n) is 22.6. The fourth-order valence-corrected chi connectivity index (χ4v) is 6.96. The van der Waals surface area contributed by atoms with E-state index in [-0.39, 0.29) is 11.7 Å². The van der Waals surface area contributed by atoms with Crippen LogP contribution in [0, 0.1) is 12.8 Å². The molecule has 1 aliphatic heterocycles. The van der Waals surface area contributed by atoms with Crippen LogP contribution in [-0.2, 0) is 10.0 Å². The Morgan fingerprint density at radius 3 is 2.58 bits per heavy atom. The van der Waals surface area contributed by atoms with E-state index in [0.29, 0.717) is 29.1 Å². The van der Waals surface area contributed by atoms with E-state index in [4.69, 9.17) is 4.74 Å². The number of nitrogens with zero attached hydrogens (tertiary/aromatic N) is 3. The van der Waals surface area contributed by atoms with Gasteiger partial charge in [0.15, 0.2) is 0 Å². The molecule has 1 saturated carbocycles. The van der Waals surface area contributed by atoms with E-state index >= 15 is 0 Å². The van der Waals surface area contributed by atoms with Crippen LogP contribution in [0.3, 0.4) is 0 Å². The predicted octanol–water partition coefficient (Wildman–Crippen LogP) is 5.50. The van der Waals surface area contributed by atoms with Crippen molar-refractivity contribution in [2.45, 2.75) is 45.1 Å². The molecule has 0 spiro atoms. The highest BCUT2D eigenvalue weighted by molar-refractivity contribution is 7.92. The zero-order chi connectivity index (χ0) is 27.5. The molecule has 2 aromatic carbocycles. The van der Waals surface area contributed by atoms with Crippen LogP contribution in [-0.4, -0.2) is 48.3 Å². The average Bonchev–Trinajstić information content (AvgIpc) is 2.94. The van der Waals surface area contributed by atoms with E-state index in [1.165, 1.54) is 0 Å². The minimum atomic E-state index is -3.46. The number of hydrogen-bond acceptors (Lipinski definition) is 8. The first-order chi connectivity index (χ1) is 19.4. The highest BCUT2D eigenvalue weighted by Crippen LogP contribution is 2.40. The van der Waals surface area contributed by atoms with Gasteiger partial charge in [0.2, 0.25) is 15.9 Å². The number of anilines is 2. The first kappa shape index (κ1) is 26.5. The van der Waals surface area contributed by atoms with Gasteiger partial charge in [-0.2, -0.15) is 0 Å². The van der Waals surface area contributed by atoms with Crippen molar-refractivity contribution in [3.05, 3.63) is 66.6 Å². The molecule has 3 heterocycles. The SMILES string of the molecule is Cc1cc(NS(=O)(=O)CC2CCC2)c2ccccc2c1Oc1nccnc1-c1ccnc(NC2CCCNC2)c1. The van der Waals surface area contributed by atoms with Gasteiger partial charge in [-0.25, -0.2) is 23.4 Å². The Kier molecular flexibility index (Phi) is 7.53. The summed E-state index contributed by atoms with van der Waals surface area (Å²) < 4.78 is 35.1. The second-order valence-corrected chi connectivity index (χ2v) is 12.5. The third-order valence-electron chi connectivity index (χ3n) is 7.67. The maximum atomic E-state index is 12.9. The number of nitrogens with one attached hydrogen (secondary N) is 3. The minimum Gasteiger partial charge on any atom is -0.436 e. The molecule has 1 aliphatic carbocycles. The molecule has 40 heavy (non-hydrogen) atoms. The van der Waals surface area contributed by atoms with Crippen molar-refractivity contribution in [3.63, 3.8) is 0 Å². The van der Waals surface area contributed by atoms with E-state index < -0.39 is 10.0 Å². The van der Waals surface area contributed by atoms with Gasteiger partial charge in [-0.1, -0.05) is 30.7 Å². The number of hydrogen-bond donors (Lipinski definition) is 3. The lowest BCUT2D eigenvalue weighted by atomic mass is 9.87. The number of pyridine rings is 1. The maximum Gasteiger partial charge on any atom is 0.246 e. The second kappa shape index (κ2) is 11.4. The topological polar surface area (TPSA) is 118 Å². The molecule has 1 atom stereocenters. The quantitative estimate of drug-likeness (QED) is 0.247. The summed E-state index contributed by atoms with van der Waals surface area (Å²) in [5, 5.41) is 8.50. The summed E-state index contributed by atoms with van der Waals surface area (Å²) in [6.45, 7) is 3.87. The maximum absolute atomic E-state index is 12.9. The van der Waals surface area contributed by atoms with Crippen molar-refractivity contribution < 1.29 is 13.2 Å². The van der Waals surface area contributed by atoms with Gasteiger partial charge in [0.05, 0.1) is 11.4 Å². The number of rotatable bonds is 9. The molecule has 4 aromatic rings. The van der Waals surface area contributed by atoms with Gasteiger partial charge in [-0.15, -0.1) is 0 Å². The fourth-order valence-electron chi connectivity index (χ4n) is 5.42. The Labute approximate surface area is 234 Å². The summed E-state index contributed by atoms with van der Waals surface area (Å²) in [6, 6.07) is 13.7. The van der Waals surface area contributed by atoms with E-state index in [9.17, 15) is 8.42 Å². The van der Waals surface area contributed by atoms with Crippen molar-refractivity contribution in [2.24, 2.45) is 5.92 Å². The van der Waals surface area contributed by atoms with E-state index in [1.807, 2.05) is 49.4 Å². The molecule has 2 aromatic heterocycles.